The fourth-order valence-corrected chi connectivity index (χ4v) is 11.4. The molecule has 48 valence electrons. The molecule has 0 nitrogen and oxygen atoms in total. The van der Waals surface area contributed by atoms with E-state index in [-0.39, 0.29) is 1.88 Å². The monoisotopic (exact) mass is 298 g/mol. The van der Waals surface area contributed by atoms with Gasteiger partial charge in [-0.1, -0.05) is 0 Å². The molecule has 1 atom stereocenters. The number of hydrogen-bond donors (Lipinski definition) is 3. The molecule has 1 heterocycles. The second-order valence-electron chi connectivity index (χ2n) is 1.43. The second kappa shape index (κ2) is 3.00. The Balaban J connectivity index is 2.44. The summed E-state index contributed by atoms with van der Waals surface area (Å²) in [6, 6.07) is 0. The van der Waals surface area contributed by atoms with Crippen molar-refractivity contribution in [3.05, 3.63) is 0 Å². The van der Waals surface area contributed by atoms with Gasteiger partial charge in [-0.05, 0) is 0 Å². The molecule has 0 amide bonds. The molecule has 0 aromatic rings. The van der Waals surface area contributed by atoms with Gasteiger partial charge in [0.15, 0.2) is 0 Å². The van der Waals surface area contributed by atoms with Crippen LogP contribution in [0.4, 0.5) is 0 Å². The van der Waals surface area contributed by atoms with E-state index in [0.29, 0.717) is 34.1 Å². The maximum absolute atomic E-state index is 4.38. The van der Waals surface area contributed by atoms with E-state index in [1.54, 1.807) is 0 Å². The summed E-state index contributed by atoms with van der Waals surface area (Å²) >= 11 is 14.3. The van der Waals surface area contributed by atoms with Gasteiger partial charge in [0.1, 0.15) is 0 Å². The first-order valence-corrected chi connectivity index (χ1v) is 7.37. The van der Waals surface area contributed by atoms with Crippen LogP contribution in [0.5, 0.6) is 0 Å². The summed E-state index contributed by atoms with van der Waals surface area (Å²) in [5.74, 6) is 0. The molecule has 1 fully saturated rings. The van der Waals surface area contributed by atoms with Gasteiger partial charge in [-0.3, -0.25) is 0 Å². The Kier molecular flexibility index (Phi) is 3.07. The molecule has 0 spiro atoms. The molecule has 5 heteroatoms. The van der Waals surface area contributed by atoms with Crippen LogP contribution < -0.4 is 0 Å². The van der Waals surface area contributed by atoms with Gasteiger partial charge in [-0.15, -0.1) is 0 Å². The minimum atomic E-state index is 0.104. The predicted molar refractivity (Wildman–Crippen MR) is 49.8 cm³/mol. The molecular formula is C3H6S3Se2. The normalized spacial score (nSPS) is 35.6. The van der Waals surface area contributed by atoms with Crippen molar-refractivity contribution in [2.75, 3.05) is 0 Å². The second-order valence-corrected chi connectivity index (χ2v) is 14.1. The van der Waals surface area contributed by atoms with Crippen molar-refractivity contribution in [1.29, 1.82) is 0 Å². The van der Waals surface area contributed by atoms with Gasteiger partial charge in [-0.25, -0.2) is 0 Å². The van der Waals surface area contributed by atoms with E-state index in [1.165, 1.54) is 5.32 Å². The van der Waals surface area contributed by atoms with Gasteiger partial charge in [0, 0.05) is 0 Å². The fraction of sp³-hybridized carbons (Fsp3) is 1.00. The molecule has 0 aromatic carbocycles. The van der Waals surface area contributed by atoms with Crippen LogP contribution in [0.1, 0.15) is 0 Å². The molecule has 0 radical (unpaired) electrons. The Labute approximate surface area is 78.5 Å². The van der Waals surface area contributed by atoms with Gasteiger partial charge in [-0.2, -0.15) is 0 Å². The van der Waals surface area contributed by atoms with Crippen LogP contribution in [-0.4, -0.2) is 35.9 Å². The van der Waals surface area contributed by atoms with Crippen molar-refractivity contribution in [1.82, 2.24) is 0 Å². The van der Waals surface area contributed by atoms with E-state index in [1.807, 2.05) is 0 Å². The standard InChI is InChI=1S/C3H6S3Se2/c4-2-1-7-3(5,6)8-2/h2,4-6H,1H2. The first-order valence-electron chi connectivity index (χ1n) is 2.05. The molecule has 1 rings (SSSR count). The predicted octanol–water partition coefficient (Wildman–Crippen LogP) is 0.553. The van der Waals surface area contributed by atoms with Crippen molar-refractivity contribution in [2.45, 2.75) is 11.3 Å². The summed E-state index contributed by atoms with van der Waals surface area (Å²) in [5, 5.41) is 1.25. The Morgan fingerprint density at radius 1 is 1.50 bits per heavy atom. The molecule has 1 unspecified atom stereocenters. The Morgan fingerprint density at radius 2 is 2.12 bits per heavy atom. The molecule has 1 saturated heterocycles. The number of thiol groups is 3. The molecule has 1 aliphatic rings. The van der Waals surface area contributed by atoms with Gasteiger partial charge < -0.3 is 0 Å². The zero-order valence-corrected chi connectivity index (χ0v) is 10.1. The molecule has 1 aliphatic heterocycles. The topological polar surface area (TPSA) is 0 Å². The average molecular weight is 296 g/mol. The van der Waals surface area contributed by atoms with Gasteiger partial charge >= 0.3 is 79.1 Å². The molecular weight excluding hydrogens is 290 g/mol. The minimum absolute atomic E-state index is 0.104. The van der Waals surface area contributed by atoms with E-state index in [9.17, 15) is 0 Å². The molecule has 0 bridgehead atoms. The quantitative estimate of drug-likeness (QED) is 0.325. The molecule has 0 N–H and O–H groups in total. The van der Waals surface area contributed by atoms with Crippen molar-refractivity contribution < 1.29 is 0 Å². The summed E-state index contributed by atoms with van der Waals surface area (Å²) in [6.45, 7) is 0. The van der Waals surface area contributed by atoms with E-state index < -0.39 is 0 Å². The Hall–Kier alpha value is 2.09. The third-order valence-electron chi connectivity index (χ3n) is 0.703. The van der Waals surface area contributed by atoms with E-state index in [0.717, 1.165) is 0 Å². The molecule has 0 aromatic heterocycles. The van der Waals surface area contributed by atoms with Gasteiger partial charge in [0.2, 0.25) is 0 Å². The van der Waals surface area contributed by atoms with E-state index >= 15 is 0 Å². The zero-order valence-electron chi connectivity index (χ0n) is 3.94. The average Bonchev–Trinajstić information content (AvgIpc) is 1.82. The van der Waals surface area contributed by atoms with Crippen molar-refractivity contribution in [3.8, 4) is 0 Å². The van der Waals surface area contributed by atoms with Crippen LogP contribution in [0.15, 0.2) is 0 Å². The van der Waals surface area contributed by atoms with Crippen LogP contribution >= 0.6 is 37.9 Å². The molecule has 0 aliphatic carbocycles. The van der Waals surface area contributed by atoms with Crippen molar-refractivity contribution in [2.24, 2.45) is 0 Å². The van der Waals surface area contributed by atoms with Crippen LogP contribution in [0.3, 0.4) is 0 Å². The SMILES string of the molecule is SC1C[Se]C(S)(S)[Se]1. The first kappa shape index (κ1) is 8.19. The number of rotatable bonds is 0. The third-order valence-corrected chi connectivity index (χ3v) is 11.2. The van der Waals surface area contributed by atoms with Crippen molar-refractivity contribution >= 4 is 67.8 Å². The van der Waals surface area contributed by atoms with Gasteiger partial charge in [0.05, 0.1) is 0 Å². The van der Waals surface area contributed by atoms with E-state index in [2.05, 4.69) is 37.9 Å². The van der Waals surface area contributed by atoms with Crippen LogP contribution in [-0.2, 0) is 0 Å². The summed E-state index contributed by atoms with van der Waals surface area (Å²) in [5.41, 5.74) is 0. The summed E-state index contributed by atoms with van der Waals surface area (Å²) in [4.78, 5) is 0. The third kappa shape index (κ3) is 2.37. The summed E-state index contributed by atoms with van der Waals surface area (Å²) < 4.78 is 0.726. The van der Waals surface area contributed by atoms with Crippen molar-refractivity contribution in [3.63, 3.8) is 0 Å². The van der Waals surface area contributed by atoms with Crippen LogP contribution in [0.2, 0.25) is 5.32 Å². The van der Waals surface area contributed by atoms with Crippen LogP contribution in [0.25, 0.3) is 0 Å². The first-order chi connectivity index (χ1) is 3.60. The maximum atomic E-state index is 4.38. The Bertz CT molecular complexity index is 94.5. The van der Waals surface area contributed by atoms with Crippen LogP contribution in [0, 0.1) is 0 Å². The summed E-state index contributed by atoms with van der Waals surface area (Å²) in [7, 11) is 0. The van der Waals surface area contributed by atoms with Gasteiger partial charge in [0.25, 0.3) is 0 Å². The molecule has 0 saturated carbocycles. The zero-order chi connectivity index (χ0) is 6.20. The number of hydrogen-bond acceptors (Lipinski definition) is 3. The summed E-state index contributed by atoms with van der Waals surface area (Å²) in [6.07, 6.45) is 0. The fourth-order valence-electron chi connectivity index (χ4n) is 0.425. The van der Waals surface area contributed by atoms with E-state index in [4.69, 9.17) is 0 Å². The molecule has 8 heavy (non-hydrogen) atoms. The Morgan fingerprint density at radius 3 is 2.25 bits per heavy atom.